The Kier molecular flexibility index (Phi) is 4.75. The average molecular weight is 238 g/mol. The van der Waals surface area contributed by atoms with Crippen LogP contribution in [0.2, 0.25) is 0 Å². The minimum atomic E-state index is -4.28. The number of alkyl halides is 3. The molecule has 1 heterocycles. The Hall–Kier alpha value is -1.08. The molecule has 0 aliphatic rings. The average Bonchev–Trinajstić information content (AvgIpc) is 2.58. The van der Waals surface area contributed by atoms with Crippen molar-refractivity contribution in [3.8, 4) is 0 Å². The summed E-state index contributed by atoms with van der Waals surface area (Å²) in [6.07, 6.45) is -4.34. The molecular weight excluding hydrogens is 225 g/mol. The summed E-state index contributed by atoms with van der Waals surface area (Å²) >= 11 is 0. The highest BCUT2D eigenvalue weighted by atomic mass is 19.4. The van der Waals surface area contributed by atoms with Gasteiger partial charge in [0, 0.05) is 20.2 Å². The van der Waals surface area contributed by atoms with E-state index in [1.165, 1.54) is 0 Å². The predicted molar refractivity (Wildman–Crippen MR) is 49.8 cm³/mol. The summed E-state index contributed by atoms with van der Waals surface area (Å²) in [5.74, 6) is -0.141. The normalized spacial score (nSPS) is 12.0. The fourth-order valence-electron chi connectivity index (χ4n) is 1.14. The molecule has 0 amide bonds. The van der Waals surface area contributed by atoms with Crippen molar-refractivity contribution in [1.82, 2.24) is 10.3 Å². The lowest BCUT2D eigenvalue weighted by Gasteiger charge is -2.06. The van der Waals surface area contributed by atoms with E-state index in [0.717, 1.165) is 6.39 Å². The molecule has 92 valence electrons. The molecule has 0 bridgehead atoms. The molecule has 4 nitrogen and oxygen atoms in total. The Bertz CT molecular complexity index is 312. The minimum absolute atomic E-state index is 0.141. The molecule has 0 aliphatic carbocycles. The highest BCUT2D eigenvalue weighted by Gasteiger charge is 2.31. The van der Waals surface area contributed by atoms with Gasteiger partial charge in [0.05, 0.1) is 12.3 Å². The molecule has 0 atom stereocenters. The zero-order valence-corrected chi connectivity index (χ0v) is 8.80. The Morgan fingerprint density at radius 1 is 1.50 bits per heavy atom. The third kappa shape index (κ3) is 4.63. The van der Waals surface area contributed by atoms with Crippen LogP contribution in [0.15, 0.2) is 10.8 Å². The zero-order chi connectivity index (χ0) is 12.0. The first-order valence-corrected chi connectivity index (χ1v) is 4.70. The summed E-state index contributed by atoms with van der Waals surface area (Å²) in [5.41, 5.74) is 0.286. The summed E-state index contributed by atoms with van der Waals surface area (Å²) < 4.78 is 45.8. The number of nitrogens with one attached hydrogen (secondary N) is 1. The third-order valence-corrected chi connectivity index (χ3v) is 1.86. The molecule has 0 aliphatic heterocycles. The van der Waals surface area contributed by atoms with Crippen molar-refractivity contribution in [3.05, 3.63) is 17.8 Å². The Labute approximate surface area is 90.8 Å². The number of aromatic nitrogens is 1. The van der Waals surface area contributed by atoms with E-state index in [2.05, 4.69) is 10.3 Å². The summed E-state index contributed by atoms with van der Waals surface area (Å²) in [7, 11) is 1.55. The molecule has 1 aromatic heterocycles. The SMILES string of the molecule is COCCNCc1ncoc1CC(F)(F)F. The van der Waals surface area contributed by atoms with Gasteiger partial charge < -0.3 is 14.5 Å². The topological polar surface area (TPSA) is 47.3 Å². The molecule has 16 heavy (non-hydrogen) atoms. The highest BCUT2D eigenvalue weighted by Crippen LogP contribution is 2.22. The molecule has 1 aromatic rings. The quantitative estimate of drug-likeness (QED) is 0.763. The standard InChI is InChI=1S/C9H13F3N2O2/c1-15-3-2-13-5-7-8(16-6-14-7)4-9(10,11)12/h6,13H,2-5H2,1H3. The van der Waals surface area contributed by atoms with Crippen molar-refractivity contribution in [2.45, 2.75) is 19.1 Å². The van der Waals surface area contributed by atoms with Crippen LogP contribution in [0.25, 0.3) is 0 Å². The van der Waals surface area contributed by atoms with Crippen LogP contribution in [0.5, 0.6) is 0 Å². The largest absolute Gasteiger partial charge is 0.448 e. The van der Waals surface area contributed by atoms with Crippen molar-refractivity contribution in [1.29, 1.82) is 0 Å². The molecule has 0 aromatic carbocycles. The number of hydrogen-bond acceptors (Lipinski definition) is 4. The monoisotopic (exact) mass is 238 g/mol. The van der Waals surface area contributed by atoms with Gasteiger partial charge in [-0.1, -0.05) is 0 Å². The molecule has 0 radical (unpaired) electrons. The van der Waals surface area contributed by atoms with E-state index >= 15 is 0 Å². The molecule has 0 saturated carbocycles. The number of methoxy groups -OCH3 is 1. The van der Waals surface area contributed by atoms with Gasteiger partial charge in [-0.2, -0.15) is 13.2 Å². The maximum atomic E-state index is 12.1. The van der Waals surface area contributed by atoms with Gasteiger partial charge in [-0.15, -0.1) is 0 Å². The lowest BCUT2D eigenvalue weighted by atomic mass is 10.2. The fourth-order valence-corrected chi connectivity index (χ4v) is 1.14. The van der Waals surface area contributed by atoms with E-state index in [9.17, 15) is 13.2 Å². The number of hydrogen-bond donors (Lipinski definition) is 1. The predicted octanol–water partition coefficient (Wildman–Crippen LogP) is 1.52. The first-order valence-electron chi connectivity index (χ1n) is 4.70. The van der Waals surface area contributed by atoms with E-state index in [-0.39, 0.29) is 18.0 Å². The minimum Gasteiger partial charge on any atom is -0.448 e. The second-order valence-electron chi connectivity index (χ2n) is 3.18. The van der Waals surface area contributed by atoms with E-state index < -0.39 is 12.6 Å². The van der Waals surface area contributed by atoms with Crippen molar-refractivity contribution < 1.29 is 22.3 Å². The second-order valence-corrected chi connectivity index (χ2v) is 3.18. The molecule has 0 fully saturated rings. The van der Waals surface area contributed by atoms with E-state index in [1.54, 1.807) is 7.11 Å². The van der Waals surface area contributed by atoms with Gasteiger partial charge in [-0.05, 0) is 0 Å². The van der Waals surface area contributed by atoms with Gasteiger partial charge in [0.15, 0.2) is 6.39 Å². The molecule has 0 spiro atoms. The van der Waals surface area contributed by atoms with Crippen LogP contribution in [0.4, 0.5) is 13.2 Å². The van der Waals surface area contributed by atoms with Crippen LogP contribution in [0.3, 0.4) is 0 Å². The molecule has 0 saturated heterocycles. The highest BCUT2D eigenvalue weighted by molar-refractivity contribution is 5.08. The van der Waals surface area contributed by atoms with Gasteiger partial charge >= 0.3 is 6.18 Å². The van der Waals surface area contributed by atoms with Crippen molar-refractivity contribution in [3.63, 3.8) is 0 Å². The summed E-state index contributed by atoms with van der Waals surface area (Å²) in [6.45, 7) is 1.28. The first kappa shape index (κ1) is 13.0. The van der Waals surface area contributed by atoms with Crippen molar-refractivity contribution >= 4 is 0 Å². The third-order valence-electron chi connectivity index (χ3n) is 1.86. The summed E-state index contributed by atoms with van der Waals surface area (Å²) in [6, 6.07) is 0. The maximum Gasteiger partial charge on any atom is 0.396 e. The van der Waals surface area contributed by atoms with Gasteiger partial charge in [-0.3, -0.25) is 0 Å². The molecule has 7 heteroatoms. The van der Waals surface area contributed by atoms with Gasteiger partial charge in [-0.25, -0.2) is 4.98 Å². The summed E-state index contributed by atoms with van der Waals surface area (Å²) in [4.78, 5) is 3.73. The Balaban J connectivity index is 2.44. The number of ether oxygens (including phenoxy) is 1. The molecule has 1 rings (SSSR count). The first-order chi connectivity index (χ1) is 7.53. The van der Waals surface area contributed by atoms with Crippen LogP contribution in [0.1, 0.15) is 11.5 Å². The van der Waals surface area contributed by atoms with Crippen molar-refractivity contribution in [2.24, 2.45) is 0 Å². The Morgan fingerprint density at radius 3 is 2.88 bits per heavy atom. The van der Waals surface area contributed by atoms with Crippen molar-refractivity contribution in [2.75, 3.05) is 20.3 Å². The molecule has 0 unspecified atom stereocenters. The van der Waals surface area contributed by atoms with Crippen LogP contribution >= 0.6 is 0 Å². The van der Waals surface area contributed by atoms with Crippen LogP contribution in [0, 0.1) is 0 Å². The van der Waals surface area contributed by atoms with Gasteiger partial charge in [0.25, 0.3) is 0 Å². The maximum absolute atomic E-state index is 12.1. The molecular formula is C9H13F3N2O2. The van der Waals surface area contributed by atoms with E-state index in [1.807, 2.05) is 0 Å². The van der Waals surface area contributed by atoms with Crippen LogP contribution in [-0.2, 0) is 17.7 Å². The zero-order valence-electron chi connectivity index (χ0n) is 8.80. The number of rotatable bonds is 6. The second kappa shape index (κ2) is 5.86. The number of nitrogens with zero attached hydrogens (tertiary/aromatic N) is 1. The lowest BCUT2D eigenvalue weighted by Crippen LogP contribution is -2.20. The van der Waals surface area contributed by atoms with Gasteiger partial charge in [0.2, 0.25) is 0 Å². The van der Waals surface area contributed by atoms with E-state index in [0.29, 0.717) is 13.2 Å². The fraction of sp³-hybridized carbons (Fsp3) is 0.667. The number of halogens is 3. The number of oxazole rings is 1. The lowest BCUT2D eigenvalue weighted by molar-refractivity contribution is -0.130. The van der Waals surface area contributed by atoms with Crippen LogP contribution in [-0.4, -0.2) is 31.4 Å². The molecule has 1 N–H and O–H groups in total. The summed E-state index contributed by atoms with van der Waals surface area (Å²) in [5, 5.41) is 2.90. The van der Waals surface area contributed by atoms with Crippen LogP contribution < -0.4 is 5.32 Å². The van der Waals surface area contributed by atoms with E-state index in [4.69, 9.17) is 9.15 Å². The Morgan fingerprint density at radius 2 is 2.25 bits per heavy atom. The van der Waals surface area contributed by atoms with Gasteiger partial charge in [0.1, 0.15) is 12.2 Å². The smallest absolute Gasteiger partial charge is 0.396 e.